The Bertz CT molecular complexity index is 590. The normalized spacial score (nSPS) is 9.83. The number of hydrogen-bond acceptors (Lipinski definition) is 3. The van der Waals surface area contributed by atoms with Gasteiger partial charge in [0.1, 0.15) is 0 Å². The molecule has 4 heteroatoms. The first-order valence-corrected chi connectivity index (χ1v) is 6.06. The summed E-state index contributed by atoms with van der Waals surface area (Å²) in [6.45, 7) is 0. The maximum Gasteiger partial charge on any atom is 0.166 e. The zero-order valence-corrected chi connectivity index (χ0v) is 10.5. The van der Waals surface area contributed by atoms with Crippen LogP contribution in [0.1, 0.15) is 5.56 Å². The molecule has 0 radical (unpaired) electrons. The van der Waals surface area contributed by atoms with Crippen LogP contribution in [0.15, 0.2) is 52.3 Å². The molecule has 2 rings (SSSR count). The molecule has 0 heterocycles. The molecule has 0 aliphatic carbocycles. The number of ether oxygens (including phenoxy) is 1. The molecule has 0 amide bonds. The predicted molar refractivity (Wildman–Crippen MR) is 68.2 cm³/mol. The summed E-state index contributed by atoms with van der Waals surface area (Å²) in [5.74, 6) is -0.143. The summed E-state index contributed by atoms with van der Waals surface area (Å²) in [4.78, 5) is 1.75. The van der Waals surface area contributed by atoms with Crippen molar-refractivity contribution in [3.05, 3.63) is 53.8 Å². The molecule has 0 spiro atoms. The highest BCUT2D eigenvalue weighted by Gasteiger charge is 2.04. The van der Waals surface area contributed by atoms with Gasteiger partial charge < -0.3 is 4.74 Å². The Kier molecular flexibility index (Phi) is 3.85. The maximum absolute atomic E-state index is 13.5. The lowest BCUT2D eigenvalue weighted by molar-refractivity contribution is 0.385. The van der Waals surface area contributed by atoms with Gasteiger partial charge in [-0.05, 0) is 42.5 Å². The van der Waals surface area contributed by atoms with Crippen LogP contribution in [0, 0.1) is 17.1 Å². The standard InChI is InChI=1S/C14H10FNOS/c1-17-14-7-6-12(8-13(14)15)18-11-4-2-10(9-16)3-5-11/h2-8H,1H3. The highest BCUT2D eigenvalue weighted by atomic mass is 32.2. The number of benzene rings is 2. The Balaban J connectivity index is 2.18. The Labute approximate surface area is 109 Å². The molecule has 0 saturated carbocycles. The van der Waals surface area contributed by atoms with E-state index in [4.69, 9.17) is 10.00 Å². The molecule has 90 valence electrons. The van der Waals surface area contributed by atoms with Crippen LogP contribution >= 0.6 is 11.8 Å². The van der Waals surface area contributed by atoms with E-state index in [0.717, 1.165) is 9.79 Å². The quantitative estimate of drug-likeness (QED) is 0.839. The second-order valence-electron chi connectivity index (χ2n) is 3.53. The third-order valence-electron chi connectivity index (χ3n) is 2.34. The fourth-order valence-corrected chi connectivity index (χ4v) is 2.29. The van der Waals surface area contributed by atoms with Crippen LogP contribution in [0.3, 0.4) is 0 Å². The van der Waals surface area contributed by atoms with E-state index < -0.39 is 0 Å². The van der Waals surface area contributed by atoms with E-state index in [2.05, 4.69) is 6.07 Å². The molecule has 0 aliphatic rings. The summed E-state index contributed by atoms with van der Waals surface area (Å²) in [6.07, 6.45) is 0. The summed E-state index contributed by atoms with van der Waals surface area (Å²) < 4.78 is 18.4. The van der Waals surface area contributed by atoms with Crippen LogP contribution in [0.4, 0.5) is 4.39 Å². The lowest BCUT2D eigenvalue weighted by atomic mass is 10.2. The van der Waals surface area contributed by atoms with Gasteiger partial charge in [-0.1, -0.05) is 11.8 Å². The van der Waals surface area contributed by atoms with Crippen molar-refractivity contribution < 1.29 is 9.13 Å². The molecular formula is C14H10FNOS. The van der Waals surface area contributed by atoms with E-state index in [9.17, 15) is 4.39 Å². The van der Waals surface area contributed by atoms with Gasteiger partial charge in [-0.2, -0.15) is 5.26 Å². The molecule has 0 aliphatic heterocycles. The highest BCUT2D eigenvalue weighted by molar-refractivity contribution is 7.99. The van der Waals surface area contributed by atoms with Gasteiger partial charge >= 0.3 is 0 Å². The van der Waals surface area contributed by atoms with E-state index in [1.807, 2.05) is 12.1 Å². The molecule has 0 saturated heterocycles. The number of nitriles is 1. The number of halogens is 1. The van der Waals surface area contributed by atoms with Gasteiger partial charge in [-0.15, -0.1) is 0 Å². The minimum atomic E-state index is -0.379. The van der Waals surface area contributed by atoms with Crippen molar-refractivity contribution in [1.29, 1.82) is 5.26 Å². The molecule has 2 nitrogen and oxygen atoms in total. The van der Waals surface area contributed by atoms with Gasteiger partial charge in [-0.25, -0.2) is 4.39 Å². The topological polar surface area (TPSA) is 33.0 Å². The first-order chi connectivity index (χ1) is 8.72. The Morgan fingerprint density at radius 3 is 2.33 bits per heavy atom. The van der Waals surface area contributed by atoms with Crippen LogP contribution in [-0.2, 0) is 0 Å². The van der Waals surface area contributed by atoms with E-state index in [-0.39, 0.29) is 11.6 Å². The van der Waals surface area contributed by atoms with Crippen molar-refractivity contribution in [3.8, 4) is 11.8 Å². The fraction of sp³-hybridized carbons (Fsp3) is 0.0714. The first-order valence-electron chi connectivity index (χ1n) is 5.24. The molecule has 18 heavy (non-hydrogen) atoms. The van der Waals surface area contributed by atoms with Crippen LogP contribution in [0.25, 0.3) is 0 Å². The van der Waals surface area contributed by atoms with Crippen molar-refractivity contribution in [2.45, 2.75) is 9.79 Å². The monoisotopic (exact) mass is 259 g/mol. The minimum Gasteiger partial charge on any atom is -0.494 e. The van der Waals surface area contributed by atoms with Crippen molar-refractivity contribution in [1.82, 2.24) is 0 Å². The van der Waals surface area contributed by atoms with Crippen LogP contribution in [0.2, 0.25) is 0 Å². The van der Waals surface area contributed by atoms with Crippen molar-refractivity contribution >= 4 is 11.8 Å². The third-order valence-corrected chi connectivity index (χ3v) is 3.34. The molecule has 0 atom stereocenters. The van der Waals surface area contributed by atoms with Crippen molar-refractivity contribution in [2.24, 2.45) is 0 Å². The molecule has 0 aromatic heterocycles. The largest absolute Gasteiger partial charge is 0.494 e. The van der Waals surface area contributed by atoms with Crippen molar-refractivity contribution in [2.75, 3.05) is 7.11 Å². The Morgan fingerprint density at radius 2 is 1.78 bits per heavy atom. The van der Waals surface area contributed by atoms with Gasteiger partial charge in [-0.3, -0.25) is 0 Å². The smallest absolute Gasteiger partial charge is 0.166 e. The van der Waals surface area contributed by atoms with E-state index in [1.165, 1.54) is 24.9 Å². The minimum absolute atomic E-state index is 0.235. The number of nitrogens with zero attached hydrogens (tertiary/aromatic N) is 1. The van der Waals surface area contributed by atoms with Gasteiger partial charge in [0.05, 0.1) is 18.7 Å². The van der Waals surface area contributed by atoms with Gasteiger partial charge in [0.25, 0.3) is 0 Å². The number of methoxy groups -OCH3 is 1. The lowest BCUT2D eigenvalue weighted by Crippen LogP contribution is -1.87. The third kappa shape index (κ3) is 2.82. The summed E-state index contributed by atoms with van der Waals surface area (Å²) in [5, 5.41) is 8.69. The summed E-state index contributed by atoms with van der Waals surface area (Å²) >= 11 is 1.44. The van der Waals surface area contributed by atoms with E-state index >= 15 is 0 Å². The first kappa shape index (κ1) is 12.5. The molecule has 2 aromatic rings. The van der Waals surface area contributed by atoms with Crippen LogP contribution in [-0.4, -0.2) is 7.11 Å². The number of rotatable bonds is 3. The second-order valence-corrected chi connectivity index (χ2v) is 4.68. The summed E-state index contributed by atoms with van der Waals surface area (Å²) in [5.41, 5.74) is 0.611. The maximum atomic E-state index is 13.5. The zero-order valence-electron chi connectivity index (χ0n) is 9.68. The van der Waals surface area contributed by atoms with Gasteiger partial charge in [0.2, 0.25) is 0 Å². The predicted octanol–water partition coefficient (Wildman–Crippen LogP) is 3.86. The second kappa shape index (κ2) is 5.56. The highest BCUT2D eigenvalue weighted by Crippen LogP contribution is 2.30. The molecule has 0 N–H and O–H groups in total. The SMILES string of the molecule is COc1ccc(Sc2ccc(C#N)cc2)cc1F. The molecule has 0 unspecified atom stereocenters. The Hall–Kier alpha value is -1.99. The van der Waals surface area contributed by atoms with E-state index in [1.54, 1.807) is 24.3 Å². The Morgan fingerprint density at radius 1 is 1.11 bits per heavy atom. The average Bonchev–Trinajstić information content (AvgIpc) is 2.40. The lowest BCUT2D eigenvalue weighted by Gasteiger charge is -2.05. The van der Waals surface area contributed by atoms with Gasteiger partial charge in [0.15, 0.2) is 11.6 Å². The van der Waals surface area contributed by atoms with E-state index in [0.29, 0.717) is 5.56 Å². The molecular weight excluding hydrogens is 249 g/mol. The zero-order chi connectivity index (χ0) is 13.0. The summed E-state index contributed by atoms with van der Waals surface area (Å²) in [6, 6.07) is 14.0. The molecule has 0 fully saturated rings. The summed E-state index contributed by atoms with van der Waals surface area (Å²) in [7, 11) is 1.44. The number of hydrogen-bond donors (Lipinski definition) is 0. The molecule has 2 aromatic carbocycles. The van der Waals surface area contributed by atoms with Crippen LogP contribution < -0.4 is 4.74 Å². The average molecular weight is 259 g/mol. The van der Waals surface area contributed by atoms with Crippen molar-refractivity contribution in [3.63, 3.8) is 0 Å². The van der Waals surface area contributed by atoms with Gasteiger partial charge in [0, 0.05) is 9.79 Å². The fourth-order valence-electron chi connectivity index (χ4n) is 1.44. The molecule has 0 bridgehead atoms. The van der Waals surface area contributed by atoms with Crippen LogP contribution in [0.5, 0.6) is 5.75 Å².